The highest BCUT2D eigenvalue weighted by atomic mass is 31.2. The van der Waals surface area contributed by atoms with Crippen LogP contribution in [0, 0.1) is 0 Å². The van der Waals surface area contributed by atoms with Gasteiger partial charge in [0, 0.05) is 19.3 Å². The van der Waals surface area contributed by atoms with E-state index in [4.69, 9.17) is 42.2 Å². The summed E-state index contributed by atoms with van der Waals surface area (Å²) >= 11 is 0. The fraction of sp³-hybridized carbons (Fsp3) is 0.957. The van der Waals surface area contributed by atoms with Crippen molar-refractivity contribution in [2.75, 3.05) is 26.4 Å². The summed E-state index contributed by atoms with van der Waals surface area (Å²) in [4.78, 5) is 50.9. The van der Waals surface area contributed by atoms with Gasteiger partial charge in [-0.05, 0) is 19.3 Å². The van der Waals surface area contributed by atoms with Crippen LogP contribution in [-0.4, -0.2) is 204 Å². The lowest BCUT2D eigenvalue weighted by Crippen LogP contribution is -2.69. The Hall–Kier alpha value is -2.04. The van der Waals surface area contributed by atoms with Crippen LogP contribution in [0.2, 0.25) is 0 Å². The van der Waals surface area contributed by atoms with Crippen molar-refractivity contribution in [1.29, 1.82) is 0 Å². The van der Waals surface area contributed by atoms with Gasteiger partial charge in [-0.15, -0.1) is 0 Å². The maximum atomic E-state index is 14.3. The second-order valence-electron chi connectivity index (χ2n) is 27.0. The molecule has 11 N–H and O–H groups in total. The first-order chi connectivity index (χ1) is 45.8. The molecule has 25 heteroatoms. The number of phosphoric ester groups is 1. The van der Waals surface area contributed by atoms with Gasteiger partial charge in [-0.25, -0.2) is 4.57 Å². The van der Waals surface area contributed by atoms with Crippen LogP contribution in [-0.2, 0) is 61.2 Å². The van der Waals surface area contributed by atoms with E-state index in [0.29, 0.717) is 19.3 Å². The molecule has 2 heterocycles. The van der Waals surface area contributed by atoms with Crippen LogP contribution in [0.1, 0.15) is 297 Å². The van der Waals surface area contributed by atoms with Crippen LogP contribution in [0.25, 0.3) is 0 Å². The lowest BCUT2D eigenvalue weighted by atomic mass is 9.84. The van der Waals surface area contributed by atoms with Crippen LogP contribution in [0.15, 0.2) is 0 Å². The number of carbonyl (C=O) groups is 3. The van der Waals surface area contributed by atoms with E-state index in [9.17, 15) is 74.9 Å². The molecule has 1 saturated carbocycles. The molecule has 560 valence electrons. The van der Waals surface area contributed by atoms with E-state index in [1.54, 1.807) is 0 Å². The summed E-state index contributed by atoms with van der Waals surface area (Å²) in [6, 6.07) is 0. The second kappa shape index (κ2) is 52.9. The number of unbranched alkanes of at least 4 members (excludes halogenated alkanes) is 37. The molecule has 2 saturated heterocycles. The number of aliphatic hydroxyl groups excluding tert-OH is 10. The number of hydrogen-bond acceptors (Lipinski definition) is 23. The van der Waals surface area contributed by atoms with E-state index >= 15 is 0 Å². The first kappa shape index (κ1) is 87.2. The van der Waals surface area contributed by atoms with Gasteiger partial charge in [0.25, 0.3) is 0 Å². The van der Waals surface area contributed by atoms with Crippen molar-refractivity contribution in [3.05, 3.63) is 0 Å². The third-order valence-electron chi connectivity index (χ3n) is 18.6. The highest BCUT2D eigenvalue weighted by molar-refractivity contribution is 7.47. The highest BCUT2D eigenvalue weighted by Gasteiger charge is 2.58. The SMILES string of the molecule is CCCCCCCCCCCCCCCCC(=O)OCC(COP(=O)(O)OC1C(OC2OC(CO)C(O)C(O)C2O)C(O)C(O)C(O)C1OC1OC(COC(=O)CCCCCCCCCCCCCCC)C(O)C(O)C1O)OC(=O)CCCCCCCCCCCCCCC. The standard InChI is InChI=1S/C70H131O24P/c1-4-7-10-13-16-19-22-25-28-30-32-35-38-41-44-54(72)86-48-51(89-56(74)46-43-40-37-34-31-27-24-21-18-15-12-9-6-3)49-88-95(84,85)94-68-66(92-69-64(82)59(77)57(75)52(47-71)90-69)62(80)61(79)63(81)67(68)93-70-65(83)60(78)58(76)53(91-70)50-87-55(73)45-42-39-36-33-29-26-23-20-17-14-11-8-5-2/h51-53,57-71,75-83H,4-50H2,1-3H3,(H,84,85). The minimum Gasteiger partial charge on any atom is -0.463 e. The first-order valence-electron chi connectivity index (χ1n) is 37.3. The van der Waals surface area contributed by atoms with Crippen molar-refractivity contribution < 1.29 is 117 Å². The van der Waals surface area contributed by atoms with Gasteiger partial charge in [0.05, 0.1) is 13.2 Å². The number of ether oxygens (including phenoxy) is 7. The average Bonchev–Trinajstić information content (AvgIpc) is 0.770. The molecular formula is C70H131O24P. The molecule has 0 amide bonds. The number of aliphatic hydroxyl groups is 10. The van der Waals surface area contributed by atoms with Crippen LogP contribution in [0.3, 0.4) is 0 Å². The van der Waals surface area contributed by atoms with E-state index < -0.39 is 156 Å². The average molecular weight is 1390 g/mol. The maximum Gasteiger partial charge on any atom is 0.472 e. The molecule has 0 spiro atoms. The van der Waals surface area contributed by atoms with Gasteiger partial charge >= 0.3 is 25.7 Å². The molecular weight excluding hydrogens is 1260 g/mol. The molecule has 18 atom stereocenters. The number of hydrogen-bond donors (Lipinski definition) is 11. The van der Waals surface area contributed by atoms with Crippen LogP contribution in [0.4, 0.5) is 0 Å². The monoisotopic (exact) mass is 1390 g/mol. The minimum atomic E-state index is -5.69. The van der Waals surface area contributed by atoms with Gasteiger partial charge in [0.2, 0.25) is 0 Å². The van der Waals surface area contributed by atoms with E-state index in [-0.39, 0.29) is 19.3 Å². The topological polar surface area (TPSA) is 374 Å². The van der Waals surface area contributed by atoms with Crippen LogP contribution < -0.4 is 0 Å². The van der Waals surface area contributed by atoms with E-state index in [2.05, 4.69) is 20.8 Å². The van der Waals surface area contributed by atoms with Gasteiger partial charge in [0.1, 0.15) is 98.7 Å². The summed E-state index contributed by atoms with van der Waals surface area (Å²) in [6.07, 6.45) is 8.90. The number of esters is 3. The predicted molar refractivity (Wildman–Crippen MR) is 356 cm³/mol. The molecule has 2 aliphatic heterocycles. The van der Waals surface area contributed by atoms with Crippen molar-refractivity contribution in [1.82, 2.24) is 0 Å². The van der Waals surface area contributed by atoms with E-state index in [1.807, 2.05) is 0 Å². The molecule has 3 aliphatic rings. The fourth-order valence-corrected chi connectivity index (χ4v) is 13.5. The third-order valence-corrected chi connectivity index (χ3v) is 19.6. The Balaban J connectivity index is 1.74. The van der Waals surface area contributed by atoms with Crippen molar-refractivity contribution in [3.63, 3.8) is 0 Å². The third kappa shape index (κ3) is 36.4. The number of carbonyl (C=O) groups excluding carboxylic acids is 3. The lowest BCUT2D eigenvalue weighted by molar-refractivity contribution is -0.360. The Morgan fingerprint density at radius 3 is 1.03 bits per heavy atom. The molecule has 0 aromatic heterocycles. The Labute approximate surface area is 568 Å². The molecule has 24 nitrogen and oxygen atoms in total. The summed E-state index contributed by atoms with van der Waals surface area (Å²) in [5.74, 6) is -1.97. The van der Waals surface area contributed by atoms with Crippen LogP contribution in [0.5, 0.6) is 0 Å². The fourth-order valence-electron chi connectivity index (χ4n) is 12.5. The van der Waals surface area contributed by atoms with Crippen molar-refractivity contribution in [2.45, 2.75) is 401 Å². The number of rotatable bonds is 58. The lowest BCUT2D eigenvalue weighted by Gasteiger charge is -2.49. The Bertz CT molecular complexity index is 1980. The Morgan fingerprint density at radius 2 is 0.674 bits per heavy atom. The normalized spacial score (nSPS) is 28.1. The zero-order valence-corrected chi connectivity index (χ0v) is 59.1. The summed E-state index contributed by atoms with van der Waals surface area (Å²) in [5.41, 5.74) is 0. The maximum absolute atomic E-state index is 14.3. The van der Waals surface area contributed by atoms with E-state index in [0.717, 1.165) is 89.9 Å². The summed E-state index contributed by atoms with van der Waals surface area (Å²) in [6.45, 7) is 3.45. The first-order valence-corrected chi connectivity index (χ1v) is 38.8. The molecule has 95 heavy (non-hydrogen) atoms. The molecule has 3 fully saturated rings. The molecule has 3 rings (SSSR count). The molecule has 0 bridgehead atoms. The molecule has 0 radical (unpaired) electrons. The van der Waals surface area contributed by atoms with Crippen molar-refractivity contribution in [2.24, 2.45) is 0 Å². The highest BCUT2D eigenvalue weighted by Crippen LogP contribution is 2.49. The van der Waals surface area contributed by atoms with Crippen LogP contribution >= 0.6 is 7.82 Å². The number of phosphoric acid groups is 1. The van der Waals surface area contributed by atoms with Gasteiger partial charge in [-0.3, -0.25) is 23.4 Å². The van der Waals surface area contributed by atoms with Gasteiger partial charge < -0.3 is 89.1 Å². The van der Waals surface area contributed by atoms with Crippen molar-refractivity contribution in [3.8, 4) is 0 Å². The summed E-state index contributed by atoms with van der Waals surface area (Å²) < 4.78 is 65.0. The Kier molecular flexibility index (Phi) is 48.5. The second-order valence-corrected chi connectivity index (χ2v) is 28.4. The molecule has 0 aromatic carbocycles. The van der Waals surface area contributed by atoms with Gasteiger partial charge in [0.15, 0.2) is 18.7 Å². The molecule has 18 unspecified atom stereocenters. The minimum absolute atomic E-state index is 0.0334. The largest absolute Gasteiger partial charge is 0.472 e. The van der Waals surface area contributed by atoms with Gasteiger partial charge in [-0.2, -0.15) is 0 Å². The Morgan fingerprint density at radius 1 is 0.368 bits per heavy atom. The zero-order chi connectivity index (χ0) is 69.6. The van der Waals surface area contributed by atoms with E-state index in [1.165, 1.54) is 148 Å². The smallest absolute Gasteiger partial charge is 0.463 e. The van der Waals surface area contributed by atoms with Gasteiger partial charge in [-0.1, -0.05) is 258 Å². The molecule has 0 aromatic rings. The summed E-state index contributed by atoms with van der Waals surface area (Å²) in [5, 5.41) is 110. The molecule has 1 aliphatic carbocycles. The summed E-state index contributed by atoms with van der Waals surface area (Å²) in [7, 11) is -5.69. The van der Waals surface area contributed by atoms with Crippen molar-refractivity contribution >= 4 is 25.7 Å². The zero-order valence-electron chi connectivity index (χ0n) is 58.2. The quantitative estimate of drug-likeness (QED) is 0.0117. The predicted octanol–water partition coefficient (Wildman–Crippen LogP) is 9.80.